The highest BCUT2D eigenvalue weighted by Gasteiger charge is 2.13. The SMILES string of the molecule is CCCn1cncc1Cn1c(C(C)C)nc(Cl)cc1=O. The van der Waals surface area contributed by atoms with E-state index in [1.54, 1.807) is 17.1 Å². The van der Waals surface area contributed by atoms with Gasteiger partial charge in [0.05, 0.1) is 18.6 Å². The van der Waals surface area contributed by atoms with E-state index in [0.717, 1.165) is 18.7 Å². The maximum absolute atomic E-state index is 12.2. The Hall–Kier alpha value is -1.62. The van der Waals surface area contributed by atoms with Gasteiger partial charge in [0.1, 0.15) is 11.0 Å². The zero-order valence-corrected chi connectivity index (χ0v) is 12.8. The Morgan fingerprint density at radius 2 is 2.15 bits per heavy atom. The summed E-state index contributed by atoms with van der Waals surface area (Å²) in [6.45, 7) is 7.47. The summed E-state index contributed by atoms with van der Waals surface area (Å²) in [6, 6.07) is 1.36. The molecule has 2 aromatic rings. The lowest BCUT2D eigenvalue weighted by Crippen LogP contribution is -2.26. The first-order valence-corrected chi connectivity index (χ1v) is 7.17. The van der Waals surface area contributed by atoms with Crippen LogP contribution in [-0.2, 0) is 13.1 Å². The Bertz CT molecular complexity index is 645. The molecule has 0 aliphatic heterocycles. The first kappa shape index (κ1) is 14.8. The van der Waals surface area contributed by atoms with Crippen molar-refractivity contribution in [3.63, 3.8) is 0 Å². The van der Waals surface area contributed by atoms with Crippen molar-refractivity contribution in [3.8, 4) is 0 Å². The van der Waals surface area contributed by atoms with Crippen molar-refractivity contribution in [3.05, 3.63) is 45.6 Å². The summed E-state index contributed by atoms with van der Waals surface area (Å²) < 4.78 is 3.73. The molecule has 0 unspecified atom stereocenters. The third-order valence-electron chi connectivity index (χ3n) is 3.11. The molecule has 0 bridgehead atoms. The summed E-state index contributed by atoms with van der Waals surface area (Å²) in [5, 5.41) is 0.247. The summed E-state index contributed by atoms with van der Waals surface area (Å²) >= 11 is 5.89. The number of hydrogen-bond donors (Lipinski definition) is 0. The van der Waals surface area contributed by atoms with Gasteiger partial charge >= 0.3 is 0 Å². The lowest BCUT2D eigenvalue weighted by Gasteiger charge is -2.15. The predicted octanol–water partition coefficient (Wildman–Crippen LogP) is 2.67. The second kappa shape index (κ2) is 6.22. The molecule has 0 N–H and O–H groups in total. The fourth-order valence-electron chi connectivity index (χ4n) is 2.18. The van der Waals surface area contributed by atoms with Gasteiger partial charge < -0.3 is 4.57 Å². The highest BCUT2D eigenvalue weighted by molar-refractivity contribution is 6.29. The molecule has 0 saturated carbocycles. The summed E-state index contributed by atoms with van der Waals surface area (Å²) in [6.07, 6.45) is 4.61. The molecule has 2 rings (SSSR count). The lowest BCUT2D eigenvalue weighted by molar-refractivity contribution is 0.578. The number of aromatic nitrogens is 4. The maximum Gasteiger partial charge on any atom is 0.255 e. The molecule has 0 aromatic carbocycles. The molecule has 0 spiro atoms. The van der Waals surface area contributed by atoms with Crippen LogP contribution in [0.2, 0.25) is 5.15 Å². The molecule has 5 nitrogen and oxygen atoms in total. The van der Waals surface area contributed by atoms with Crippen molar-refractivity contribution in [2.75, 3.05) is 0 Å². The molecule has 0 fully saturated rings. The second-order valence-electron chi connectivity index (χ2n) is 5.09. The Morgan fingerprint density at radius 1 is 1.40 bits per heavy atom. The average molecular weight is 295 g/mol. The smallest absolute Gasteiger partial charge is 0.255 e. The maximum atomic E-state index is 12.2. The van der Waals surface area contributed by atoms with Crippen LogP contribution in [0.25, 0.3) is 0 Å². The van der Waals surface area contributed by atoms with Crippen LogP contribution < -0.4 is 5.56 Å². The molecule has 6 heteroatoms. The zero-order valence-electron chi connectivity index (χ0n) is 12.0. The van der Waals surface area contributed by atoms with Gasteiger partial charge in [0.25, 0.3) is 5.56 Å². The van der Waals surface area contributed by atoms with Gasteiger partial charge in [0, 0.05) is 24.7 Å². The number of hydrogen-bond acceptors (Lipinski definition) is 3. The van der Waals surface area contributed by atoms with Crippen molar-refractivity contribution in [1.29, 1.82) is 0 Å². The van der Waals surface area contributed by atoms with Crippen LogP contribution in [0.5, 0.6) is 0 Å². The lowest BCUT2D eigenvalue weighted by atomic mass is 10.2. The monoisotopic (exact) mass is 294 g/mol. The second-order valence-corrected chi connectivity index (χ2v) is 5.48. The Balaban J connectivity index is 2.42. The number of halogens is 1. The molecule has 20 heavy (non-hydrogen) atoms. The van der Waals surface area contributed by atoms with Crippen LogP contribution in [0.3, 0.4) is 0 Å². The number of aryl methyl sites for hydroxylation is 1. The summed E-state index contributed by atoms with van der Waals surface area (Å²) in [5.41, 5.74) is 0.873. The Kier molecular flexibility index (Phi) is 4.60. The van der Waals surface area contributed by atoms with Gasteiger partial charge in [-0.15, -0.1) is 0 Å². The van der Waals surface area contributed by atoms with Gasteiger partial charge in [-0.05, 0) is 6.42 Å². The molecule has 0 aliphatic carbocycles. The van der Waals surface area contributed by atoms with Crippen LogP contribution in [-0.4, -0.2) is 19.1 Å². The normalized spacial score (nSPS) is 11.2. The van der Waals surface area contributed by atoms with E-state index in [0.29, 0.717) is 12.4 Å². The van der Waals surface area contributed by atoms with Crippen LogP contribution in [0.4, 0.5) is 0 Å². The van der Waals surface area contributed by atoms with Gasteiger partial charge in [-0.3, -0.25) is 9.36 Å². The van der Waals surface area contributed by atoms with E-state index in [4.69, 9.17) is 11.6 Å². The first-order valence-electron chi connectivity index (χ1n) is 6.79. The highest BCUT2D eigenvalue weighted by Crippen LogP contribution is 2.14. The van der Waals surface area contributed by atoms with Crippen LogP contribution in [0, 0.1) is 0 Å². The highest BCUT2D eigenvalue weighted by atomic mass is 35.5. The number of nitrogens with zero attached hydrogens (tertiary/aromatic N) is 4. The van der Waals surface area contributed by atoms with Gasteiger partial charge in [0.2, 0.25) is 0 Å². The minimum absolute atomic E-state index is 0.127. The summed E-state index contributed by atoms with van der Waals surface area (Å²) in [5.74, 6) is 0.829. The number of imidazole rings is 1. The summed E-state index contributed by atoms with van der Waals surface area (Å²) in [7, 11) is 0. The fraction of sp³-hybridized carbons (Fsp3) is 0.500. The minimum atomic E-state index is -0.127. The minimum Gasteiger partial charge on any atom is -0.333 e. The molecule has 2 aromatic heterocycles. The van der Waals surface area contributed by atoms with E-state index < -0.39 is 0 Å². The Morgan fingerprint density at radius 3 is 2.80 bits per heavy atom. The molecule has 2 heterocycles. The molecule has 108 valence electrons. The molecule has 0 amide bonds. The quantitative estimate of drug-likeness (QED) is 0.797. The van der Waals surface area contributed by atoms with E-state index in [1.165, 1.54) is 6.07 Å². The van der Waals surface area contributed by atoms with Crippen LogP contribution in [0.15, 0.2) is 23.4 Å². The fourth-order valence-corrected chi connectivity index (χ4v) is 2.36. The van der Waals surface area contributed by atoms with Crippen molar-refractivity contribution < 1.29 is 0 Å². The van der Waals surface area contributed by atoms with E-state index in [9.17, 15) is 4.79 Å². The third kappa shape index (κ3) is 3.10. The van der Waals surface area contributed by atoms with E-state index >= 15 is 0 Å². The van der Waals surface area contributed by atoms with Gasteiger partial charge in [-0.25, -0.2) is 9.97 Å². The van der Waals surface area contributed by atoms with Gasteiger partial charge in [-0.1, -0.05) is 32.4 Å². The van der Waals surface area contributed by atoms with Crippen LogP contribution >= 0.6 is 11.6 Å². The standard InChI is InChI=1S/C14H19ClN4O/c1-4-5-18-9-16-7-11(18)8-19-13(20)6-12(15)17-14(19)10(2)3/h6-7,9-10H,4-5,8H2,1-3H3. The largest absolute Gasteiger partial charge is 0.333 e. The predicted molar refractivity (Wildman–Crippen MR) is 79.2 cm³/mol. The first-order chi connectivity index (χ1) is 9.52. The van der Waals surface area contributed by atoms with Crippen molar-refractivity contribution in [1.82, 2.24) is 19.1 Å². The molecule has 0 radical (unpaired) electrons. The molecule has 0 saturated heterocycles. The number of rotatable bonds is 5. The van der Waals surface area contributed by atoms with E-state index in [-0.39, 0.29) is 16.6 Å². The van der Waals surface area contributed by atoms with Gasteiger partial charge in [-0.2, -0.15) is 0 Å². The average Bonchev–Trinajstić information content (AvgIpc) is 2.80. The van der Waals surface area contributed by atoms with E-state index in [2.05, 4.69) is 21.5 Å². The molecule has 0 atom stereocenters. The van der Waals surface area contributed by atoms with Crippen molar-refractivity contribution in [2.24, 2.45) is 0 Å². The van der Waals surface area contributed by atoms with Crippen molar-refractivity contribution >= 4 is 11.6 Å². The zero-order chi connectivity index (χ0) is 14.7. The topological polar surface area (TPSA) is 52.7 Å². The molecular formula is C14H19ClN4O. The van der Waals surface area contributed by atoms with Crippen LogP contribution in [0.1, 0.15) is 44.6 Å². The molecule has 0 aliphatic rings. The Labute approximate surface area is 123 Å². The van der Waals surface area contributed by atoms with Gasteiger partial charge in [0.15, 0.2) is 0 Å². The molecular weight excluding hydrogens is 276 g/mol. The third-order valence-corrected chi connectivity index (χ3v) is 3.30. The van der Waals surface area contributed by atoms with Crippen molar-refractivity contribution in [2.45, 2.75) is 46.2 Å². The summed E-state index contributed by atoms with van der Waals surface area (Å²) in [4.78, 5) is 20.6. The van der Waals surface area contributed by atoms with E-state index in [1.807, 2.05) is 13.8 Å².